The second-order valence-corrected chi connectivity index (χ2v) is 5.91. The Morgan fingerprint density at radius 3 is 2.67 bits per heavy atom. The quantitative estimate of drug-likeness (QED) is 0.825. The average Bonchev–Trinajstić information content (AvgIpc) is 2.78. The van der Waals surface area contributed by atoms with Crippen LogP contribution in [0.25, 0.3) is 10.9 Å². The maximum Gasteiger partial charge on any atom is 0.303 e. The Morgan fingerprint density at radius 2 is 2.05 bits per heavy atom. The molecule has 1 aromatic heterocycles. The number of nitrogens with one attached hydrogen (secondary N) is 1. The SMILES string of the molecule is CC(C)(CC(=O)O)CC(=O)c1c[nH]c2cc(C#N)ccc12. The minimum atomic E-state index is -0.912. The summed E-state index contributed by atoms with van der Waals surface area (Å²) in [6.45, 7) is 3.53. The third-order valence-electron chi connectivity index (χ3n) is 3.38. The highest BCUT2D eigenvalue weighted by Gasteiger charge is 2.26. The molecule has 0 aliphatic carbocycles. The van der Waals surface area contributed by atoms with Crippen LogP contribution in [0.4, 0.5) is 0 Å². The molecule has 0 saturated heterocycles. The fourth-order valence-electron chi connectivity index (χ4n) is 2.43. The largest absolute Gasteiger partial charge is 0.481 e. The van der Waals surface area contributed by atoms with Gasteiger partial charge in [-0.25, -0.2) is 0 Å². The molecule has 0 radical (unpaired) electrons. The van der Waals surface area contributed by atoms with Crippen molar-refractivity contribution < 1.29 is 14.7 Å². The number of carboxylic acid groups (broad SMARTS) is 1. The van der Waals surface area contributed by atoms with Crippen LogP contribution in [-0.4, -0.2) is 21.8 Å². The molecule has 0 bridgehead atoms. The highest BCUT2D eigenvalue weighted by atomic mass is 16.4. The van der Waals surface area contributed by atoms with Gasteiger partial charge >= 0.3 is 5.97 Å². The monoisotopic (exact) mass is 284 g/mol. The van der Waals surface area contributed by atoms with E-state index in [1.54, 1.807) is 38.2 Å². The van der Waals surface area contributed by atoms with Gasteiger partial charge in [-0.1, -0.05) is 19.9 Å². The number of aromatic amines is 1. The molecule has 2 aromatic rings. The number of hydrogen-bond acceptors (Lipinski definition) is 3. The molecule has 0 fully saturated rings. The first-order chi connectivity index (χ1) is 9.82. The Bertz CT molecular complexity index is 750. The van der Waals surface area contributed by atoms with Crippen molar-refractivity contribution in [1.29, 1.82) is 5.26 Å². The van der Waals surface area contributed by atoms with Crippen molar-refractivity contribution in [3.63, 3.8) is 0 Å². The lowest BCUT2D eigenvalue weighted by Gasteiger charge is -2.20. The van der Waals surface area contributed by atoms with Crippen LogP contribution in [0.2, 0.25) is 0 Å². The summed E-state index contributed by atoms with van der Waals surface area (Å²) in [5, 5.41) is 18.5. The fraction of sp³-hybridized carbons (Fsp3) is 0.312. The molecule has 1 heterocycles. The van der Waals surface area contributed by atoms with Crippen molar-refractivity contribution in [2.24, 2.45) is 5.41 Å². The summed E-state index contributed by atoms with van der Waals surface area (Å²) < 4.78 is 0. The molecule has 0 unspecified atom stereocenters. The highest BCUT2D eigenvalue weighted by molar-refractivity contribution is 6.08. The third-order valence-corrected chi connectivity index (χ3v) is 3.38. The maximum atomic E-state index is 12.4. The van der Waals surface area contributed by atoms with E-state index in [4.69, 9.17) is 10.4 Å². The summed E-state index contributed by atoms with van der Waals surface area (Å²) >= 11 is 0. The number of benzene rings is 1. The van der Waals surface area contributed by atoms with Gasteiger partial charge in [-0.2, -0.15) is 5.26 Å². The Morgan fingerprint density at radius 1 is 1.33 bits per heavy atom. The number of rotatable bonds is 5. The van der Waals surface area contributed by atoms with E-state index in [9.17, 15) is 9.59 Å². The lowest BCUT2D eigenvalue weighted by Crippen LogP contribution is -2.21. The molecule has 1 aromatic carbocycles. The lowest BCUT2D eigenvalue weighted by molar-refractivity contribution is -0.139. The number of nitriles is 1. The van der Waals surface area contributed by atoms with E-state index >= 15 is 0 Å². The number of fused-ring (bicyclic) bond motifs is 1. The Hall–Kier alpha value is -2.61. The normalized spacial score (nSPS) is 11.3. The van der Waals surface area contributed by atoms with Gasteiger partial charge in [-0.15, -0.1) is 0 Å². The molecule has 0 spiro atoms. The van der Waals surface area contributed by atoms with Crippen molar-refractivity contribution in [3.8, 4) is 6.07 Å². The summed E-state index contributed by atoms with van der Waals surface area (Å²) in [4.78, 5) is 26.2. The molecule has 0 aliphatic heterocycles. The molecule has 2 N–H and O–H groups in total. The minimum Gasteiger partial charge on any atom is -0.481 e. The predicted octanol–water partition coefficient (Wildman–Crippen LogP) is 3.11. The van der Waals surface area contributed by atoms with E-state index in [0.717, 1.165) is 10.9 Å². The first-order valence-electron chi connectivity index (χ1n) is 6.59. The van der Waals surface area contributed by atoms with E-state index in [0.29, 0.717) is 11.1 Å². The van der Waals surface area contributed by atoms with Gasteiger partial charge in [0, 0.05) is 29.1 Å². The number of carboxylic acids is 1. The van der Waals surface area contributed by atoms with Gasteiger partial charge in [0.05, 0.1) is 18.1 Å². The van der Waals surface area contributed by atoms with E-state index < -0.39 is 11.4 Å². The molecule has 2 rings (SSSR count). The molecule has 5 heteroatoms. The van der Waals surface area contributed by atoms with Crippen molar-refractivity contribution in [2.45, 2.75) is 26.7 Å². The van der Waals surface area contributed by atoms with Crippen molar-refractivity contribution in [1.82, 2.24) is 4.98 Å². The minimum absolute atomic E-state index is 0.0559. The summed E-state index contributed by atoms with van der Waals surface area (Å²) in [6, 6.07) is 7.14. The Labute approximate surface area is 122 Å². The van der Waals surface area contributed by atoms with Crippen LogP contribution >= 0.6 is 0 Å². The van der Waals surface area contributed by atoms with Gasteiger partial charge < -0.3 is 10.1 Å². The van der Waals surface area contributed by atoms with Gasteiger partial charge in [0.15, 0.2) is 5.78 Å². The number of hydrogen-bond donors (Lipinski definition) is 2. The Kier molecular flexibility index (Phi) is 3.81. The zero-order valence-electron chi connectivity index (χ0n) is 11.9. The summed E-state index contributed by atoms with van der Waals surface area (Å²) in [6.07, 6.45) is 1.72. The number of H-pyrrole nitrogens is 1. The molecule has 0 saturated carbocycles. The van der Waals surface area contributed by atoms with Crippen molar-refractivity contribution >= 4 is 22.7 Å². The maximum absolute atomic E-state index is 12.4. The van der Waals surface area contributed by atoms with E-state index in [1.165, 1.54) is 0 Å². The van der Waals surface area contributed by atoms with Gasteiger partial charge in [-0.05, 0) is 17.5 Å². The van der Waals surface area contributed by atoms with E-state index in [2.05, 4.69) is 4.98 Å². The standard InChI is InChI=1S/C16H16N2O3/c1-16(2,7-15(20)21)6-14(19)12-9-18-13-5-10(8-17)3-4-11(12)13/h3-5,9,18H,6-7H2,1-2H3,(H,20,21). The predicted molar refractivity (Wildman–Crippen MR) is 78.0 cm³/mol. The second-order valence-electron chi connectivity index (χ2n) is 5.91. The van der Waals surface area contributed by atoms with Crippen LogP contribution in [-0.2, 0) is 4.79 Å². The second kappa shape index (κ2) is 5.41. The zero-order chi connectivity index (χ0) is 15.6. The summed E-state index contributed by atoms with van der Waals surface area (Å²) in [5.74, 6) is -1.01. The van der Waals surface area contributed by atoms with Gasteiger partial charge in [0.25, 0.3) is 0 Å². The van der Waals surface area contributed by atoms with Crippen LogP contribution in [0.3, 0.4) is 0 Å². The Balaban J connectivity index is 2.28. The van der Waals surface area contributed by atoms with Crippen molar-refractivity contribution in [2.75, 3.05) is 0 Å². The van der Waals surface area contributed by atoms with E-state index in [1.807, 2.05) is 6.07 Å². The smallest absolute Gasteiger partial charge is 0.303 e. The third kappa shape index (κ3) is 3.29. The number of Topliss-reactive ketones (excluding diaryl/α,β-unsaturated/α-hetero) is 1. The molecule has 21 heavy (non-hydrogen) atoms. The number of nitrogens with zero attached hydrogens (tertiary/aromatic N) is 1. The zero-order valence-corrected chi connectivity index (χ0v) is 11.9. The van der Waals surface area contributed by atoms with Crippen LogP contribution in [0.5, 0.6) is 0 Å². The summed E-state index contributed by atoms with van der Waals surface area (Å²) in [5.41, 5.74) is 1.19. The van der Waals surface area contributed by atoms with Crippen LogP contribution in [0, 0.1) is 16.7 Å². The first-order valence-corrected chi connectivity index (χ1v) is 6.59. The number of aromatic nitrogens is 1. The number of carbonyl (C=O) groups excluding carboxylic acids is 1. The molecule has 5 nitrogen and oxygen atoms in total. The van der Waals surface area contributed by atoms with Crippen LogP contribution in [0.1, 0.15) is 42.6 Å². The molecule has 0 atom stereocenters. The molecule has 0 amide bonds. The van der Waals surface area contributed by atoms with Crippen molar-refractivity contribution in [3.05, 3.63) is 35.5 Å². The number of aliphatic carboxylic acids is 1. The number of ketones is 1. The molecule has 108 valence electrons. The number of carbonyl (C=O) groups is 2. The highest BCUT2D eigenvalue weighted by Crippen LogP contribution is 2.29. The van der Waals surface area contributed by atoms with Gasteiger partial charge in [0.2, 0.25) is 0 Å². The molecular weight excluding hydrogens is 268 g/mol. The molecular formula is C16H16N2O3. The first kappa shape index (κ1) is 14.8. The van der Waals surface area contributed by atoms with Gasteiger partial charge in [-0.3, -0.25) is 9.59 Å². The lowest BCUT2D eigenvalue weighted by atomic mass is 9.82. The van der Waals surface area contributed by atoms with E-state index in [-0.39, 0.29) is 18.6 Å². The molecule has 0 aliphatic rings. The van der Waals surface area contributed by atoms with Gasteiger partial charge in [0.1, 0.15) is 0 Å². The topological polar surface area (TPSA) is 93.9 Å². The van der Waals surface area contributed by atoms with Crippen LogP contribution in [0.15, 0.2) is 24.4 Å². The fourth-order valence-corrected chi connectivity index (χ4v) is 2.43. The van der Waals surface area contributed by atoms with Crippen LogP contribution < -0.4 is 0 Å². The average molecular weight is 284 g/mol. The summed E-state index contributed by atoms with van der Waals surface area (Å²) in [7, 11) is 0.